The van der Waals surface area contributed by atoms with Crippen LogP contribution < -0.4 is 5.32 Å². The van der Waals surface area contributed by atoms with Gasteiger partial charge in [-0.25, -0.2) is 0 Å². The second-order valence-corrected chi connectivity index (χ2v) is 6.61. The lowest BCUT2D eigenvalue weighted by Crippen LogP contribution is -2.49. The van der Waals surface area contributed by atoms with Gasteiger partial charge in [0.15, 0.2) is 0 Å². The first kappa shape index (κ1) is 17.5. The highest BCUT2D eigenvalue weighted by Gasteiger charge is 2.27. The van der Waals surface area contributed by atoms with Crippen molar-refractivity contribution >= 4 is 23.4 Å². The molecule has 25 heavy (non-hydrogen) atoms. The molecule has 0 bridgehead atoms. The summed E-state index contributed by atoms with van der Waals surface area (Å²) < 4.78 is 0. The molecule has 3 rings (SSSR count). The Labute approximate surface area is 151 Å². The van der Waals surface area contributed by atoms with Crippen molar-refractivity contribution in [3.05, 3.63) is 41.0 Å². The zero-order chi connectivity index (χ0) is 17.8. The molecule has 1 aromatic carbocycles. The minimum absolute atomic E-state index is 0.0102. The van der Waals surface area contributed by atoms with Crippen LogP contribution in [0.25, 0.3) is 11.3 Å². The standard InChI is InChI=1S/C18H21ClN4O2/c1-2-16(24)21-14-4-3-9-23(11-14)18(25)15-10-20-22-17(15)12-5-7-13(19)8-6-12/h5-8,10,14H,2-4,9,11H2,1H3,(H,20,22)(H,21,24). The van der Waals surface area contributed by atoms with Gasteiger partial charge in [0, 0.05) is 36.1 Å². The average molecular weight is 361 g/mol. The highest BCUT2D eigenvalue weighted by Crippen LogP contribution is 2.25. The molecule has 1 atom stereocenters. The molecule has 2 heterocycles. The molecule has 7 heteroatoms. The van der Waals surface area contributed by atoms with E-state index in [1.807, 2.05) is 19.1 Å². The highest BCUT2D eigenvalue weighted by molar-refractivity contribution is 6.30. The number of nitrogens with zero attached hydrogens (tertiary/aromatic N) is 2. The average Bonchev–Trinajstić information content (AvgIpc) is 3.11. The van der Waals surface area contributed by atoms with Crippen molar-refractivity contribution in [3.8, 4) is 11.3 Å². The molecule has 0 spiro atoms. The zero-order valence-corrected chi connectivity index (χ0v) is 14.8. The molecular weight excluding hydrogens is 340 g/mol. The number of nitrogens with one attached hydrogen (secondary N) is 2. The van der Waals surface area contributed by atoms with E-state index in [9.17, 15) is 9.59 Å². The molecule has 1 fully saturated rings. The predicted molar refractivity (Wildman–Crippen MR) is 96.4 cm³/mol. The third kappa shape index (κ3) is 4.02. The Morgan fingerprint density at radius 3 is 2.84 bits per heavy atom. The summed E-state index contributed by atoms with van der Waals surface area (Å²) in [6, 6.07) is 7.28. The van der Waals surface area contributed by atoms with Gasteiger partial charge in [-0.2, -0.15) is 5.10 Å². The molecule has 6 nitrogen and oxygen atoms in total. The van der Waals surface area contributed by atoms with E-state index in [-0.39, 0.29) is 17.9 Å². The van der Waals surface area contributed by atoms with E-state index in [0.29, 0.717) is 35.8 Å². The van der Waals surface area contributed by atoms with Crippen LogP contribution in [0.2, 0.25) is 5.02 Å². The Hall–Kier alpha value is -2.34. The molecule has 1 unspecified atom stereocenters. The van der Waals surface area contributed by atoms with E-state index in [0.717, 1.165) is 18.4 Å². The predicted octanol–water partition coefficient (Wildman–Crippen LogP) is 2.86. The number of piperidine rings is 1. The monoisotopic (exact) mass is 360 g/mol. The maximum atomic E-state index is 12.9. The van der Waals surface area contributed by atoms with Gasteiger partial charge in [-0.05, 0) is 25.0 Å². The van der Waals surface area contributed by atoms with Crippen molar-refractivity contribution < 1.29 is 9.59 Å². The number of aromatic nitrogens is 2. The number of hydrogen-bond donors (Lipinski definition) is 2. The Bertz CT molecular complexity index is 757. The number of H-pyrrole nitrogens is 1. The number of aromatic amines is 1. The van der Waals surface area contributed by atoms with E-state index in [4.69, 9.17) is 11.6 Å². The van der Waals surface area contributed by atoms with Crippen LogP contribution in [0.5, 0.6) is 0 Å². The number of halogens is 1. The molecule has 1 aliphatic heterocycles. The summed E-state index contributed by atoms with van der Waals surface area (Å²) >= 11 is 5.93. The third-order valence-electron chi connectivity index (χ3n) is 4.40. The quantitative estimate of drug-likeness (QED) is 0.880. The molecule has 2 amide bonds. The van der Waals surface area contributed by atoms with Crippen LogP contribution in [0.15, 0.2) is 30.5 Å². The van der Waals surface area contributed by atoms with E-state index < -0.39 is 0 Å². The summed E-state index contributed by atoms with van der Waals surface area (Å²) in [4.78, 5) is 26.3. The maximum absolute atomic E-state index is 12.9. The largest absolute Gasteiger partial charge is 0.352 e. The Morgan fingerprint density at radius 2 is 2.12 bits per heavy atom. The Balaban J connectivity index is 1.76. The molecule has 1 saturated heterocycles. The summed E-state index contributed by atoms with van der Waals surface area (Å²) in [7, 11) is 0. The van der Waals surface area contributed by atoms with Crippen LogP contribution >= 0.6 is 11.6 Å². The second kappa shape index (κ2) is 7.70. The molecule has 2 aromatic rings. The number of benzene rings is 1. The van der Waals surface area contributed by atoms with Crippen molar-refractivity contribution in [3.63, 3.8) is 0 Å². The number of carbonyl (C=O) groups excluding carboxylic acids is 2. The van der Waals surface area contributed by atoms with Crippen LogP contribution in [0.4, 0.5) is 0 Å². The minimum atomic E-state index is -0.0749. The van der Waals surface area contributed by atoms with Crippen molar-refractivity contribution in [2.24, 2.45) is 0 Å². The zero-order valence-electron chi connectivity index (χ0n) is 14.1. The van der Waals surface area contributed by atoms with Gasteiger partial charge in [0.05, 0.1) is 17.5 Å². The summed E-state index contributed by atoms with van der Waals surface area (Å²) in [5.41, 5.74) is 2.07. The molecule has 2 N–H and O–H groups in total. The van der Waals surface area contributed by atoms with E-state index in [1.54, 1.807) is 23.2 Å². The Morgan fingerprint density at radius 1 is 1.36 bits per heavy atom. The maximum Gasteiger partial charge on any atom is 0.257 e. The minimum Gasteiger partial charge on any atom is -0.352 e. The SMILES string of the molecule is CCC(=O)NC1CCCN(C(=O)c2cn[nH]c2-c2ccc(Cl)cc2)C1. The molecule has 1 aliphatic rings. The van der Waals surface area contributed by atoms with Crippen LogP contribution in [0.1, 0.15) is 36.5 Å². The summed E-state index contributed by atoms with van der Waals surface area (Å²) in [5.74, 6) is -0.0568. The topological polar surface area (TPSA) is 78.1 Å². The number of hydrogen-bond acceptors (Lipinski definition) is 3. The van der Waals surface area contributed by atoms with E-state index >= 15 is 0 Å². The molecule has 132 valence electrons. The number of amides is 2. The third-order valence-corrected chi connectivity index (χ3v) is 4.65. The number of carbonyl (C=O) groups is 2. The van der Waals surface area contributed by atoms with E-state index in [2.05, 4.69) is 15.5 Å². The molecule has 1 aromatic heterocycles. The van der Waals surface area contributed by atoms with Crippen LogP contribution in [-0.4, -0.2) is 46.0 Å². The van der Waals surface area contributed by atoms with Crippen molar-refractivity contribution in [2.75, 3.05) is 13.1 Å². The Kier molecular flexibility index (Phi) is 5.38. The number of rotatable bonds is 4. The van der Waals surface area contributed by atoms with Crippen LogP contribution in [0, 0.1) is 0 Å². The van der Waals surface area contributed by atoms with Crippen molar-refractivity contribution in [1.82, 2.24) is 20.4 Å². The van der Waals surface area contributed by atoms with Crippen molar-refractivity contribution in [1.29, 1.82) is 0 Å². The fraction of sp³-hybridized carbons (Fsp3) is 0.389. The van der Waals surface area contributed by atoms with Gasteiger partial charge in [0.1, 0.15) is 0 Å². The summed E-state index contributed by atoms with van der Waals surface area (Å²) in [6.45, 7) is 3.03. The summed E-state index contributed by atoms with van der Waals surface area (Å²) in [6.07, 6.45) is 3.77. The van der Waals surface area contributed by atoms with Gasteiger partial charge in [-0.3, -0.25) is 14.7 Å². The van der Waals surface area contributed by atoms with Gasteiger partial charge in [-0.1, -0.05) is 30.7 Å². The lowest BCUT2D eigenvalue weighted by molar-refractivity contribution is -0.121. The van der Waals surface area contributed by atoms with E-state index in [1.165, 1.54) is 0 Å². The first-order valence-corrected chi connectivity index (χ1v) is 8.84. The van der Waals surface area contributed by atoms with Gasteiger partial charge in [-0.15, -0.1) is 0 Å². The second-order valence-electron chi connectivity index (χ2n) is 6.18. The smallest absolute Gasteiger partial charge is 0.257 e. The molecule has 0 aliphatic carbocycles. The fourth-order valence-electron chi connectivity index (χ4n) is 3.06. The first-order chi connectivity index (χ1) is 12.1. The van der Waals surface area contributed by atoms with Gasteiger partial charge in [0.2, 0.25) is 5.91 Å². The summed E-state index contributed by atoms with van der Waals surface area (Å²) in [5, 5.41) is 10.6. The number of likely N-dealkylation sites (tertiary alicyclic amines) is 1. The molecule has 0 radical (unpaired) electrons. The van der Waals surface area contributed by atoms with Crippen LogP contribution in [0.3, 0.4) is 0 Å². The molecular formula is C18H21ClN4O2. The normalized spacial score (nSPS) is 17.4. The van der Waals surface area contributed by atoms with Gasteiger partial charge in [0.25, 0.3) is 5.91 Å². The highest BCUT2D eigenvalue weighted by atomic mass is 35.5. The lowest BCUT2D eigenvalue weighted by atomic mass is 10.0. The first-order valence-electron chi connectivity index (χ1n) is 8.46. The van der Waals surface area contributed by atoms with Gasteiger partial charge >= 0.3 is 0 Å². The van der Waals surface area contributed by atoms with Gasteiger partial charge < -0.3 is 10.2 Å². The lowest BCUT2D eigenvalue weighted by Gasteiger charge is -2.33. The van der Waals surface area contributed by atoms with Crippen LogP contribution in [-0.2, 0) is 4.79 Å². The van der Waals surface area contributed by atoms with Crippen molar-refractivity contribution in [2.45, 2.75) is 32.2 Å². The fourth-order valence-corrected chi connectivity index (χ4v) is 3.19. The molecule has 0 saturated carbocycles.